The quantitative estimate of drug-likeness (QED) is 0.636. The molecule has 1 aromatic heterocycles. The Morgan fingerprint density at radius 2 is 2.35 bits per heavy atom. The zero-order valence-corrected chi connectivity index (χ0v) is 12.8. The van der Waals surface area contributed by atoms with Crippen LogP contribution >= 0.6 is 11.3 Å². The summed E-state index contributed by atoms with van der Waals surface area (Å²) in [4.78, 5) is 16.8. The van der Waals surface area contributed by atoms with Gasteiger partial charge < -0.3 is 21.1 Å². The smallest absolute Gasteiger partial charge is 0.265 e. The highest BCUT2D eigenvalue weighted by Crippen LogP contribution is 2.33. The maximum atomic E-state index is 12.1. The summed E-state index contributed by atoms with van der Waals surface area (Å²) < 4.78 is 4.95. The molecule has 1 aromatic rings. The van der Waals surface area contributed by atoms with Crippen molar-refractivity contribution in [3.63, 3.8) is 0 Å². The Labute approximate surface area is 123 Å². The number of carbonyl (C=O) groups is 1. The maximum Gasteiger partial charge on any atom is 0.265 e. The first kappa shape index (κ1) is 15.1. The number of anilines is 2. The average molecular weight is 298 g/mol. The van der Waals surface area contributed by atoms with E-state index in [9.17, 15) is 4.79 Å². The van der Waals surface area contributed by atoms with E-state index in [0.29, 0.717) is 23.2 Å². The second kappa shape index (κ2) is 6.90. The number of thiazole rings is 1. The minimum atomic E-state index is -0.132. The maximum absolute atomic E-state index is 12.1. The first-order valence-electron chi connectivity index (χ1n) is 6.90. The molecular weight excluding hydrogens is 276 g/mol. The van der Waals surface area contributed by atoms with Gasteiger partial charge in [0.2, 0.25) is 0 Å². The molecule has 0 aromatic carbocycles. The van der Waals surface area contributed by atoms with Crippen LogP contribution in [-0.2, 0) is 4.74 Å². The van der Waals surface area contributed by atoms with Gasteiger partial charge in [-0.25, -0.2) is 4.98 Å². The highest BCUT2D eigenvalue weighted by Gasteiger charge is 2.25. The summed E-state index contributed by atoms with van der Waals surface area (Å²) in [5.41, 5.74) is 5.80. The normalized spacial score (nSPS) is 15.9. The van der Waals surface area contributed by atoms with E-state index in [1.54, 1.807) is 7.11 Å². The lowest BCUT2D eigenvalue weighted by Crippen LogP contribution is -2.32. The first-order valence-corrected chi connectivity index (χ1v) is 7.71. The van der Waals surface area contributed by atoms with Crippen LogP contribution in [0.5, 0.6) is 0 Å². The Balaban J connectivity index is 1.87. The third-order valence-corrected chi connectivity index (χ3v) is 4.23. The number of rotatable bonds is 8. The lowest BCUT2D eigenvalue weighted by atomic mass is 10.1. The van der Waals surface area contributed by atoms with Crippen molar-refractivity contribution in [2.75, 3.05) is 31.3 Å². The number of carbonyl (C=O) groups excluding carboxylic acids is 1. The fraction of sp³-hybridized carbons (Fsp3) is 0.692. The van der Waals surface area contributed by atoms with Gasteiger partial charge in [-0.3, -0.25) is 4.79 Å². The van der Waals surface area contributed by atoms with Gasteiger partial charge in [0.1, 0.15) is 10.7 Å². The second-order valence-corrected chi connectivity index (χ2v) is 6.21. The molecule has 1 aliphatic rings. The van der Waals surface area contributed by atoms with Crippen LogP contribution < -0.4 is 16.4 Å². The minimum absolute atomic E-state index is 0.132. The molecule has 2 rings (SSSR count). The van der Waals surface area contributed by atoms with Gasteiger partial charge in [0.05, 0.1) is 6.61 Å². The van der Waals surface area contributed by atoms with Crippen molar-refractivity contribution in [2.45, 2.75) is 32.2 Å². The Bertz CT molecular complexity index is 459. The molecule has 1 amide bonds. The Hall–Kier alpha value is -1.34. The van der Waals surface area contributed by atoms with E-state index in [2.05, 4.69) is 15.6 Å². The van der Waals surface area contributed by atoms with Gasteiger partial charge in [0, 0.05) is 19.7 Å². The van der Waals surface area contributed by atoms with E-state index < -0.39 is 0 Å². The number of amides is 1. The highest BCUT2D eigenvalue weighted by molar-refractivity contribution is 7.18. The van der Waals surface area contributed by atoms with E-state index in [1.165, 1.54) is 24.2 Å². The number of nitrogens with zero attached hydrogens (tertiary/aromatic N) is 1. The molecular formula is C13H22N4O2S. The molecule has 6 nitrogen and oxygen atoms in total. The van der Waals surface area contributed by atoms with Gasteiger partial charge in [-0.15, -0.1) is 0 Å². The van der Waals surface area contributed by atoms with Gasteiger partial charge >= 0.3 is 0 Å². The Morgan fingerprint density at radius 1 is 1.60 bits per heavy atom. The van der Waals surface area contributed by atoms with Crippen LogP contribution in [-0.4, -0.2) is 37.2 Å². The zero-order chi connectivity index (χ0) is 14.5. The average Bonchev–Trinajstić information content (AvgIpc) is 3.11. The van der Waals surface area contributed by atoms with Gasteiger partial charge in [-0.2, -0.15) is 0 Å². The van der Waals surface area contributed by atoms with Crippen LogP contribution in [0.2, 0.25) is 0 Å². The number of hydrogen-bond acceptors (Lipinski definition) is 6. The third kappa shape index (κ3) is 4.35. The molecule has 112 valence electrons. The molecule has 0 radical (unpaired) electrons. The van der Waals surface area contributed by atoms with Crippen LogP contribution in [0.3, 0.4) is 0 Å². The number of aromatic nitrogens is 1. The molecule has 0 spiro atoms. The molecule has 1 fully saturated rings. The van der Waals surface area contributed by atoms with Gasteiger partial charge in [0.15, 0.2) is 5.13 Å². The summed E-state index contributed by atoms with van der Waals surface area (Å²) in [6.45, 7) is 3.26. The Morgan fingerprint density at radius 3 is 3.00 bits per heavy atom. The topological polar surface area (TPSA) is 89.3 Å². The SMILES string of the molecule is COCCNc1nc(N)c(C(=O)NC(C)CC2CC2)s1. The number of hydrogen-bond donors (Lipinski definition) is 3. The molecule has 7 heteroatoms. The fourth-order valence-corrected chi connectivity index (χ4v) is 2.85. The molecule has 4 N–H and O–H groups in total. The first-order chi connectivity index (χ1) is 9.60. The van der Waals surface area contributed by atoms with Crippen LogP contribution in [0.25, 0.3) is 0 Å². The van der Waals surface area contributed by atoms with Crippen molar-refractivity contribution in [3.05, 3.63) is 4.88 Å². The lowest BCUT2D eigenvalue weighted by Gasteiger charge is -2.12. The van der Waals surface area contributed by atoms with E-state index in [-0.39, 0.29) is 17.8 Å². The van der Waals surface area contributed by atoms with Gasteiger partial charge in [-0.05, 0) is 19.3 Å². The van der Waals surface area contributed by atoms with Crippen LogP contribution in [0.4, 0.5) is 10.9 Å². The molecule has 1 saturated carbocycles. The van der Waals surface area contributed by atoms with Crippen molar-refractivity contribution in [1.29, 1.82) is 0 Å². The molecule has 1 atom stereocenters. The van der Waals surface area contributed by atoms with Gasteiger partial charge in [0.25, 0.3) is 5.91 Å². The predicted octanol–water partition coefficient (Wildman–Crippen LogP) is 1.70. The molecule has 0 bridgehead atoms. The van der Waals surface area contributed by atoms with E-state index in [4.69, 9.17) is 10.5 Å². The lowest BCUT2D eigenvalue weighted by molar-refractivity contribution is 0.0942. The molecule has 1 heterocycles. The summed E-state index contributed by atoms with van der Waals surface area (Å²) >= 11 is 1.28. The van der Waals surface area contributed by atoms with E-state index in [0.717, 1.165) is 12.3 Å². The van der Waals surface area contributed by atoms with Gasteiger partial charge in [-0.1, -0.05) is 24.2 Å². The largest absolute Gasteiger partial charge is 0.383 e. The summed E-state index contributed by atoms with van der Waals surface area (Å²) in [6.07, 6.45) is 3.62. The van der Waals surface area contributed by atoms with Crippen molar-refractivity contribution in [3.8, 4) is 0 Å². The standard InChI is InChI=1S/C13H22N4O2S/c1-8(7-9-3-4-9)16-12(18)10-11(14)17-13(20-10)15-5-6-19-2/h8-9H,3-7,14H2,1-2H3,(H,15,17)(H,16,18). The number of nitrogen functional groups attached to an aromatic ring is 1. The number of nitrogens with one attached hydrogen (secondary N) is 2. The van der Waals surface area contributed by atoms with Crippen LogP contribution in [0.15, 0.2) is 0 Å². The molecule has 0 saturated heterocycles. The molecule has 1 unspecified atom stereocenters. The van der Waals surface area contributed by atoms with Crippen LogP contribution in [0, 0.1) is 5.92 Å². The molecule has 20 heavy (non-hydrogen) atoms. The van der Waals surface area contributed by atoms with E-state index in [1.807, 2.05) is 6.92 Å². The zero-order valence-electron chi connectivity index (χ0n) is 11.9. The fourth-order valence-electron chi connectivity index (χ4n) is 2.03. The predicted molar refractivity (Wildman–Crippen MR) is 81.2 cm³/mol. The minimum Gasteiger partial charge on any atom is -0.383 e. The van der Waals surface area contributed by atoms with Crippen molar-refractivity contribution in [2.24, 2.45) is 5.92 Å². The molecule has 1 aliphatic carbocycles. The van der Waals surface area contributed by atoms with Crippen molar-refractivity contribution < 1.29 is 9.53 Å². The summed E-state index contributed by atoms with van der Waals surface area (Å²) in [7, 11) is 1.64. The molecule has 0 aliphatic heterocycles. The summed E-state index contributed by atoms with van der Waals surface area (Å²) in [6, 6.07) is 0.182. The van der Waals surface area contributed by atoms with E-state index >= 15 is 0 Å². The summed E-state index contributed by atoms with van der Waals surface area (Å²) in [5, 5.41) is 6.72. The number of nitrogens with two attached hydrogens (primary N) is 1. The highest BCUT2D eigenvalue weighted by atomic mass is 32.1. The monoisotopic (exact) mass is 298 g/mol. The second-order valence-electron chi connectivity index (χ2n) is 5.21. The van der Waals surface area contributed by atoms with Crippen molar-refractivity contribution in [1.82, 2.24) is 10.3 Å². The Kier molecular flexibility index (Phi) is 5.19. The number of ether oxygens (including phenoxy) is 1. The number of methoxy groups -OCH3 is 1. The van der Waals surface area contributed by atoms with Crippen molar-refractivity contribution >= 4 is 28.2 Å². The third-order valence-electron chi connectivity index (χ3n) is 3.20. The summed E-state index contributed by atoms with van der Waals surface area (Å²) in [5.74, 6) is 0.939. The van der Waals surface area contributed by atoms with Crippen LogP contribution in [0.1, 0.15) is 35.9 Å².